The summed E-state index contributed by atoms with van der Waals surface area (Å²) in [6.07, 6.45) is 89.8. The Morgan fingerprint density at radius 3 is 0.816 bits per heavy atom. The van der Waals surface area contributed by atoms with Crippen LogP contribution in [-0.4, -0.2) is 37.2 Å². The lowest BCUT2D eigenvalue weighted by atomic mass is 10.1. The van der Waals surface area contributed by atoms with Gasteiger partial charge >= 0.3 is 17.9 Å². The van der Waals surface area contributed by atoms with Gasteiger partial charge in [-0.15, -0.1) is 0 Å². The Bertz CT molecular complexity index is 1680. The van der Waals surface area contributed by atoms with Crippen LogP contribution in [0.1, 0.15) is 258 Å². The van der Waals surface area contributed by atoms with Crippen molar-refractivity contribution in [3.05, 3.63) is 146 Å². The fourth-order valence-electron chi connectivity index (χ4n) is 8.00. The van der Waals surface area contributed by atoms with E-state index in [2.05, 4.69) is 167 Å². The lowest BCUT2D eigenvalue weighted by Gasteiger charge is -2.18. The molecule has 428 valence electrons. The van der Waals surface area contributed by atoms with E-state index in [1.165, 1.54) is 51.4 Å². The molecular weight excluding hydrogens is 937 g/mol. The third-order valence-corrected chi connectivity index (χ3v) is 12.6. The third-order valence-electron chi connectivity index (χ3n) is 12.6. The second kappa shape index (κ2) is 62.8. The van der Waals surface area contributed by atoms with Gasteiger partial charge in [-0.2, -0.15) is 0 Å². The van der Waals surface area contributed by atoms with Crippen molar-refractivity contribution in [2.45, 2.75) is 264 Å². The smallest absolute Gasteiger partial charge is 0.306 e. The standard InChI is InChI=1S/C70H112O6/c1-4-7-10-13-16-19-22-25-28-31-32-33-34-35-36-37-38-40-42-45-48-51-54-57-60-63-69(72)75-66-67(65-74-68(71)62-59-56-53-50-47-44-41-30-27-24-21-18-15-12-9-6-3)76-70(73)64-61-58-55-52-49-46-43-39-29-26-23-20-17-14-11-8-5-2/h7-8,10-11,16-17,19-21,24-26,28-30,32-33,35-36,38,40-41,45,48,67H,4-6,9,12-15,18,22-23,27,31,34,37,39,42-44,46-47,49-66H2,1-3H3/b10-7-,11-8-,19-16-,20-17-,24-21-,28-25-,29-26-,33-32-,36-35-,40-38-,41-30-,48-45-. The van der Waals surface area contributed by atoms with Crippen LogP contribution >= 0.6 is 0 Å². The molecule has 0 amide bonds. The average Bonchev–Trinajstić information content (AvgIpc) is 3.42. The predicted octanol–water partition coefficient (Wildman–Crippen LogP) is 21.2. The maximum Gasteiger partial charge on any atom is 0.306 e. The number of rotatable bonds is 54. The molecule has 0 saturated heterocycles. The number of esters is 3. The van der Waals surface area contributed by atoms with Gasteiger partial charge in [0.1, 0.15) is 13.2 Å². The van der Waals surface area contributed by atoms with Gasteiger partial charge in [-0.25, -0.2) is 0 Å². The van der Waals surface area contributed by atoms with E-state index < -0.39 is 6.10 Å². The quantitative estimate of drug-likeness (QED) is 0.0261. The van der Waals surface area contributed by atoms with E-state index in [-0.39, 0.29) is 31.1 Å². The fraction of sp³-hybridized carbons (Fsp3) is 0.614. The Labute approximate surface area is 467 Å². The van der Waals surface area contributed by atoms with Crippen molar-refractivity contribution >= 4 is 17.9 Å². The topological polar surface area (TPSA) is 78.9 Å². The van der Waals surface area contributed by atoms with E-state index in [0.717, 1.165) is 167 Å². The molecule has 0 aromatic heterocycles. The summed E-state index contributed by atoms with van der Waals surface area (Å²) in [5, 5.41) is 0. The summed E-state index contributed by atoms with van der Waals surface area (Å²) in [5.41, 5.74) is 0. The molecule has 0 aliphatic rings. The first kappa shape index (κ1) is 71.3. The molecule has 0 heterocycles. The second-order valence-corrected chi connectivity index (χ2v) is 19.8. The Balaban J connectivity index is 4.50. The second-order valence-electron chi connectivity index (χ2n) is 19.8. The van der Waals surface area contributed by atoms with E-state index in [4.69, 9.17) is 14.2 Å². The van der Waals surface area contributed by atoms with Crippen molar-refractivity contribution in [1.29, 1.82) is 0 Å². The molecule has 1 atom stereocenters. The lowest BCUT2D eigenvalue weighted by molar-refractivity contribution is -0.167. The number of carbonyl (C=O) groups is 3. The summed E-state index contributed by atoms with van der Waals surface area (Å²) >= 11 is 0. The van der Waals surface area contributed by atoms with E-state index in [1.54, 1.807) is 0 Å². The van der Waals surface area contributed by atoms with Gasteiger partial charge in [-0.3, -0.25) is 14.4 Å². The predicted molar refractivity (Wildman–Crippen MR) is 329 cm³/mol. The van der Waals surface area contributed by atoms with E-state index in [0.29, 0.717) is 19.3 Å². The molecule has 0 aliphatic heterocycles. The summed E-state index contributed by atoms with van der Waals surface area (Å²) in [4.78, 5) is 38.3. The van der Waals surface area contributed by atoms with Crippen molar-refractivity contribution in [1.82, 2.24) is 0 Å². The van der Waals surface area contributed by atoms with E-state index in [9.17, 15) is 14.4 Å². The molecule has 76 heavy (non-hydrogen) atoms. The molecule has 0 aliphatic carbocycles. The number of ether oxygens (including phenoxy) is 3. The Kier molecular flexibility index (Phi) is 58.9. The minimum absolute atomic E-state index is 0.105. The van der Waals surface area contributed by atoms with E-state index in [1.807, 2.05) is 0 Å². The molecule has 0 spiro atoms. The van der Waals surface area contributed by atoms with Crippen LogP contribution in [0.25, 0.3) is 0 Å². The van der Waals surface area contributed by atoms with Gasteiger partial charge in [0.25, 0.3) is 0 Å². The lowest BCUT2D eigenvalue weighted by Crippen LogP contribution is -2.30. The van der Waals surface area contributed by atoms with Gasteiger partial charge in [0, 0.05) is 19.3 Å². The van der Waals surface area contributed by atoms with Crippen molar-refractivity contribution in [3.63, 3.8) is 0 Å². The van der Waals surface area contributed by atoms with Crippen molar-refractivity contribution < 1.29 is 28.6 Å². The SMILES string of the molecule is CC/C=C\C/C=C\C/C=C\C/C=C\C/C=C\C/C=C\C/C=C\CCCCCC(=O)OCC(COC(=O)CCCCCCC/C=C\C/C=C\CCCCCC)OC(=O)CCCCCCCCC/C=C\C/C=C\C/C=C\CC. The zero-order valence-corrected chi connectivity index (χ0v) is 49.0. The third kappa shape index (κ3) is 60.2. The molecule has 0 aromatic carbocycles. The van der Waals surface area contributed by atoms with Crippen LogP contribution in [0.2, 0.25) is 0 Å². The van der Waals surface area contributed by atoms with Gasteiger partial charge in [0.2, 0.25) is 0 Å². The van der Waals surface area contributed by atoms with E-state index >= 15 is 0 Å². The van der Waals surface area contributed by atoms with Crippen molar-refractivity contribution in [3.8, 4) is 0 Å². The van der Waals surface area contributed by atoms with Crippen LogP contribution in [0.5, 0.6) is 0 Å². The minimum atomic E-state index is -0.811. The Hall–Kier alpha value is -4.71. The first-order chi connectivity index (χ1) is 37.5. The van der Waals surface area contributed by atoms with Gasteiger partial charge in [-0.05, 0) is 141 Å². The molecule has 6 nitrogen and oxygen atoms in total. The van der Waals surface area contributed by atoms with Crippen LogP contribution in [0.4, 0.5) is 0 Å². The molecule has 0 aromatic rings. The Morgan fingerprint density at radius 2 is 0.513 bits per heavy atom. The molecular formula is C70H112O6. The first-order valence-corrected chi connectivity index (χ1v) is 30.8. The maximum atomic E-state index is 12.9. The maximum absolute atomic E-state index is 12.9. The fourth-order valence-corrected chi connectivity index (χ4v) is 8.00. The average molecular weight is 1050 g/mol. The number of hydrogen-bond donors (Lipinski definition) is 0. The molecule has 0 saturated carbocycles. The number of carbonyl (C=O) groups excluding carboxylic acids is 3. The highest BCUT2D eigenvalue weighted by molar-refractivity contribution is 5.71. The van der Waals surface area contributed by atoms with Gasteiger partial charge < -0.3 is 14.2 Å². The van der Waals surface area contributed by atoms with Gasteiger partial charge in [-0.1, -0.05) is 244 Å². The van der Waals surface area contributed by atoms with Crippen LogP contribution < -0.4 is 0 Å². The molecule has 1 unspecified atom stereocenters. The van der Waals surface area contributed by atoms with Crippen molar-refractivity contribution in [2.24, 2.45) is 0 Å². The molecule has 0 radical (unpaired) electrons. The number of unbranched alkanes of at least 4 members (excludes halogenated alkanes) is 19. The van der Waals surface area contributed by atoms with Crippen LogP contribution in [0, 0.1) is 0 Å². The van der Waals surface area contributed by atoms with Crippen LogP contribution in [0.3, 0.4) is 0 Å². The summed E-state index contributed by atoms with van der Waals surface area (Å²) in [7, 11) is 0. The summed E-state index contributed by atoms with van der Waals surface area (Å²) in [6, 6.07) is 0. The highest BCUT2D eigenvalue weighted by atomic mass is 16.6. The zero-order valence-electron chi connectivity index (χ0n) is 49.0. The highest BCUT2D eigenvalue weighted by Crippen LogP contribution is 2.14. The minimum Gasteiger partial charge on any atom is -0.462 e. The normalized spacial score (nSPS) is 13.1. The summed E-state index contributed by atoms with van der Waals surface area (Å²) < 4.78 is 16.9. The molecule has 0 rings (SSSR count). The zero-order chi connectivity index (χ0) is 55.0. The summed E-state index contributed by atoms with van der Waals surface area (Å²) in [5.74, 6) is -0.964. The highest BCUT2D eigenvalue weighted by Gasteiger charge is 2.19. The molecule has 0 N–H and O–H groups in total. The molecule has 6 heteroatoms. The molecule has 0 fully saturated rings. The van der Waals surface area contributed by atoms with Crippen LogP contribution in [0.15, 0.2) is 146 Å². The number of allylic oxidation sites excluding steroid dienone is 24. The number of hydrogen-bond acceptors (Lipinski definition) is 6. The van der Waals surface area contributed by atoms with Gasteiger partial charge in [0.05, 0.1) is 0 Å². The Morgan fingerprint density at radius 1 is 0.276 bits per heavy atom. The summed E-state index contributed by atoms with van der Waals surface area (Å²) in [6.45, 7) is 6.35. The monoisotopic (exact) mass is 1050 g/mol. The largest absolute Gasteiger partial charge is 0.462 e. The molecule has 0 bridgehead atoms. The van der Waals surface area contributed by atoms with Gasteiger partial charge in [0.15, 0.2) is 6.10 Å². The van der Waals surface area contributed by atoms with Crippen LogP contribution in [-0.2, 0) is 28.6 Å². The van der Waals surface area contributed by atoms with Crippen molar-refractivity contribution in [2.75, 3.05) is 13.2 Å². The first-order valence-electron chi connectivity index (χ1n) is 30.8.